The van der Waals surface area contributed by atoms with Crippen LogP contribution in [-0.2, 0) is 4.79 Å². The number of nitrogens with one attached hydrogen (secondary N) is 1. The molecule has 0 spiro atoms. The molecule has 12 heteroatoms. The van der Waals surface area contributed by atoms with E-state index in [9.17, 15) is 23.2 Å². The number of hydrogen-bond acceptors (Lipinski definition) is 6. The van der Waals surface area contributed by atoms with Crippen LogP contribution in [0.2, 0.25) is 0 Å². The zero-order valence-electron chi connectivity index (χ0n) is 21.5. The summed E-state index contributed by atoms with van der Waals surface area (Å²) in [5.41, 5.74) is -0.756. The van der Waals surface area contributed by atoms with Gasteiger partial charge in [0.05, 0.1) is 28.9 Å². The van der Waals surface area contributed by atoms with Crippen molar-refractivity contribution in [3.63, 3.8) is 0 Å². The number of fused-ring (bicyclic) bond motifs is 3. The smallest absolute Gasteiger partial charge is 0.266 e. The Morgan fingerprint density at radius 1 is 1.12 bits per heavy atom. The van der Waals surface area contributed by atoms with Crippen LogP contribution in [0.3, 0.4) is 0 Å². The predicted octanol–water partition coefficient (Wildman–Crippen LogP) is 5.22. The van der Waals surface area contributed by atoms with Crippen molar-refractivity contribution in [1.82, 2.24) is 19.3 Å². The van der Waals surface area contributed by atoms with Crippen molar-refractivity contribution in [3.05, 3.63) is 65.5 Å². The van der Waals surface area contributed by atoms with E-state index in [4.69, 9.17) is 0 Å². The summed E-state index contributed by atoms with van der Waals surface area (Å²) >= 11 is 0. The monoisotopic (exact) mass is 551 g/mol. The number of nitriles is 1. The van der Waals surface area contributed by atoms with Crippen LogP contribution in [0.1, 0.15) is 43.4 Å². The first-order valence-corrected chi connectivity index (χ1v) is 13.0. The third-order valence-corrected chi connectivity index (χ3v) is 7.81. The Balaban J connectivity index is 1.33. The van der Waals surface area contributed by atoms with Crippen LogP contribution in [0.25, 0.3) is 16.7 Å². The molecule has 1 aliphatic heterocycles. The summed E-state index contributed by atoms with van der Waals surface area (Å²) in [6, 6.07) is 8.26. The minimum absolute atomic E-state index is 0.0462. The number of amides is 1. The Hall–Kier alpha value is -4.40. The molecule has 40 heavy (non-hydrogen) atoms. The number of imidazole rings is 1. The van der Waals surface area contributed by atoms with E-state index in [2.05, 4.69) is 21.4 Å². The largest absolute Gasteiger partial charge is 0.366 e. The average Bonchev–Trinajstić information content (AvgIpc) is 3.61. The Morgan fingerprint density at radius 3 is 2.52 bits per heavy atom. The molecule has 1 saturated heterocycles. The molecule has 2 aliphatic rings. The standard InChI is InChI=1S/C28H25F4N7O/c1-16(17-3-2-4-18(23(17)30)24(31)32)35-25-19-13-22(20(29)14-21(19)39-8-7-34-27(39)36-25)37-9-11-38(12-10-37)26(40)28(15-33)5-6-28/h2-4,7-8,13-14,16,24H,5-6,9-12H2,1H3,(H,34,35,36). The van der Waals surface area contributed by atoms with Crippen molar-refractivity contribution in [3.8, 4) is 6.07 Å². The van der Waals surface area contributed by atoms with E-state index >= 15 is 4.39 Å². The van der Waals surface area contributed by atoms with Gasteiger partial charge in [-0.1, -0.05) is 18.2 Å². The van der Waals surface area contributed by atoms with E-state index in [0.29, 0.717) is 61.4 Å². The van der Waals surface area contributed by atoms with Gasteiger partial charge in [0.15, 0.2) is 0 Å². The maximum absolute atomic E-state index is 15.5. The molecule has 2 aromatic carbocycles. The molecule has 1 aliphatic carbocycles. The van der Waals surface area contributed by atoms with Crippen LogP contribution in [0, 0.1) is 28.4 Å². The summed E-state index contributed by atoms with van der Waals surface area (Å²) < 4.78 is 58.6. The fourth-order valence-electron chi connectivity index (χ4n) is 5.33. The van der Waals surface area contributed by atoms with Crippen molar-refractivity contribution in [2.45, 2.75) is 32.2 Å². The van der Waals surface area contributed by atoms with Gasteiger partial charge in [-0.25, -0.2) is 22.5 Å². The van der Waals surface area contributed by atoms with Crippen molar-refractivity contribution < 1.29 is 22.4 Å². The van der Waals surface area contributed by atoms with Crippen molar-refractivity contribution in [1.29, 1.82) is 5.26 Å². The summed E-state index contributed by atoms with van der Waals surface area (Å²) in [6.45, 7) is 3.11. The molecule has 1 unspecified atom stereocenters. The fourth-order valence-corrected chi connectivity index (χ4v) is 5.33. The highest BCUT2D eigenvalue weighted by Crippen LogP contribution is 2.46. The number of benzene rings is 2. The topological polar surface area (TPSA) is 89.6 Å². The van der Waals surface area contributed by atoms with Gasteiger partial charge in [-0.05, 0) is 25.8 Å². The van der Waals surface area contributed by atoms with Gasteiger partial charge >= 0.3 is 0 Å². The number of halogens is 4. The van der Waals surface area contributed by atoms with Crippen molar-refractivity contribution >= 4 is 34.1 Å². The molecule has 206 valence electrons. The van der Waals surface area contributed by atoms with E-state index < -0.39 is 35.1 Å². The Morgan fingerprint density at radius 2 is 1.85 bits per heavy atom. The van der Waals surface area contributed by atoms with Gasteiger partial charge < -0.3 is 15.1 Å². The van der Waals surface area contributed by atoms with Crippen LogP contribution in [0.5, 0.6) is 0 Å². The number of rotatable bonds is 6. The average molecular weight is 552 g/mol. The van der Waals surface area contributed by atoms with Crippen molar-refractivity contribution in [2.24, 2.45) is 5.41 Å². The van der Waals surface area contributed by atoms with Gasteiger partial charge in [-0.15, -0.1) is 0 Å². The lowest BCUT2D eigenvalue weighted by Crippen LogP contribution is -2.51. The molecule has 1 amide bonds. The highest BCUT2D eigenvalue weighted by Gasteiger charge is 2.52. The van der Waals surface area contributed by atoms with Crippen LogP contribution < -0.4 is 10.2 Å². The molecular formula is C28H25F4N7O. The third kappa shape index (κ3) is 4.26. The summed E-state index contributed by atoms with van der Waals surface area (Å²) in [4.78, 5) is 25.0. The second kappa shape index (κ2) is 9.66. The van der Waals surface area contributed by atoms with Crippen molar-refractivity contribution in [2.75, 3.05) is 36.4 Å². The number of piperazine rings is 1. The molecule has 0 bridgehead atoms. The van der Waals surface area contributed by atoms with Crippen LogP contribution in [0.4, 0.5) is 29.1 Å². The summed E-state index contributed by atoms with van der Waals surface area (Å²) in [7, 11) is 0. The van der Waals surface area contributed by atoms with E-state index in [1.165, 1.54) is 24.4 Å². The minimum Gasteiger partial charge on any atom is -0.366 e. The van der Waals surface area contributed by atoms with Gasteiger partial charge in [0, 0.05) is 55.6 Å². The zero-order chi connectivity index (χ0) is 28.2. The SMILES string of the molecule is CC(Nc1nc2nccn2c2cc(F)c(N3CCN(C(=O)C4(C#N)CC4)CC3)cc12)c1cccc(C(F)F)c1F. The lowest BCUT2D eigenvalue weighted by atomic mass is 10.0. The molecule has 4 aromatic rings. The van der Waals surface area contributed by atoms with Crippen LogP contribution in [0.15, 0.2) is 42.7 Å². The number of alkyl halides is 2. The fraction of sp³-hybridized carbons (Fsp3) is 0.357. The number of aromatic nitrogens is 3. The number of carbonyl (C=O) groups excluding carboxylic acids is 1. The Labute approximate surface area is 226 Å². The lowest BCUT2D eigenvalue weighted by molar-refractivity contribution is -0.135. The first-order valence-electron chi connectivity index (χ1n) is 13.0. The van der Waals surface area contributed by atoms with Gasteiger partial charge in [0.1, 0.15) is 22.9 Å². The second-order valence-electron chi connectivity index (χ2n) is 10.3. The highest BCUT2D eigenvalue weighted by molar-refractivity contribution is 5.94. The molecular weight excluding hydrogens is 526 g/mol. The lowest BCUT2D eigenvalue weighted by Gasteiger charge is -2.37. The summed E-state index contributed by atoms with van der Waals surface area (Å²) in [5, 5.41) is 13.0. The molecule has 8 nitrogen and oxygen atoms in total. The predicted molar refractivity (Wildman–Crippen MR) is 140 cm³/mol. The van der Waals surface area contributed by atoms with Gasteiger partial charge in [-0.2, -0.15) is 10.2 Å². The second-order valence-corrected chi connectivity index (χ2v) is 10.3. The zero-order valence-corrected chi connectivity index (χ0v) is 21.5. The van der Waals surface area contributed by atoms with Crippen LogP contribution >= 0.6 is 0 Å². The number of nitrogens with zero attached hydrogens (tertiary/aromatic N) is 6. The first-order chi connectivity index (χ1) is 19.2. The molecule has 1 N–H and O–H groups in total. The van der Waals surface area contributed by atoms with E-state index in [0.717, 1.165) is 6.07 Å². The van der Waals surface area contributed by atoms with E-state index in [1.54, 1.807) is 28.5 Å². The van der Waals surface area contributed by atoms with Gasteiger partial charge in [0.25, 0.3) is 6.43 Å². The van der Waals surface area contributed by atoms with E-state index in [1.807, 2.05) is 4.90 Å². The van der Waals surface area contributed by atoms with Gasteiger partial charge in [-0.3, -0.25) is 9.20 Å². The number of anilines is 2. The molecule has 6 rings (SSSR count). The molecule has 3 heterocycles. The normalized spacial score (nSPS) is 17.3. The number of hydrogen-bond donors (Lipinski definition) is 1. The maximum Gasteiger partial charge on any atom is 0.266 e. The third-order valence-electron chi connectivity index (χ3n) is 7.81. The molecule has 2 aromatic heterocycles. The summed E-state index contributed by atoms with van der Waals surface area (Å²) in [6.07, 6.45) is 1.36. The number of carbonyl (C=O) groups is 1. The Kier molecular flexibility index (Phi) is 6.24. The minimum atomic E-state index is -2.96. The highest BCUT2D eigenvalue weighted by atomic mass is 19.3. The summed E-state index contributed by atoms with van der Waals surface area (Å²) in [5.74, 6) is -1.05. The first kappa shape index (κ1) is 25.9. The molecule has 0 radical (unpaired) electrons. The van der Waals surface area contributed by atoms with Gasteiger partial charge in [0.2, 0.25) is 11.7 Å². The van der Waals surface area contributed by atoms with Crippen LogP contribution in [-0.4, -0.2) is 51.4 Å². The Bertz CT molecular complexity index is 1670. The molecule has 1 atom stereocenters. The van der Waals surface area contributed by atoms with E-state index in [-0.39, 0.29) is 17.2 Å². The maximum atomic E-state index is 15.5. The quantitative estimate of drug-likeness (QED) is 0.331. The molecule has 2 fully saturated rings. The molecule has 1 saturated carbocycles.